The Kier molecular flexibility index (Phi) is 5.06. The largest absolute Gasteiger partial charge is 0.464 e. The van der Waals surface area contributed by atoms with Crippen LogP contribution in [0.5, 0.6) is 0 Å². The number of aliphatic hydroxyl groups excluding tert-OH is 1. The molecule has 0 spiro atoms. The molecule has 3 nitrogen and oxygen atoms in total. The first-order chi connectivity index (χ1) is 5.65. The molecule has 3 N–H and O–H groups in total. The number of furan rings is 1. The van der Waals surface area contributed by atoms with Gasteiger partial charge < -0.3 is 15.3 Å². The summed E-state index contributed by atoms with van der Waals surface area (Å²) in [6.45, 7) is 3.98. The van der Waals surface area contributed by atoms with E-state index in [9.17, 15) is 0 Å². The summed E-state index contributed by atoms with van der Waals surface area (Å²) in [7, 11) is 0. The Morgan fingerprint density at radius 1 is 1.54 bits per heavy atom. The molecular formula is C9H16ClNO2. The highest BCUT2D eigenvalue weighted by molar-refractivity contribution is 5.85. The first kappa shape index (κ1) is 12.5. The van der Waals surface area contributed by atoms with Crippen molar-refractivity contribution in [1.29, 1.82) is 0 Å². The highest BCUT2D eigenvalue weighted by Crippen LogP contribution is 2.20. The number of rotatable bonds is 3. The predicted octanol–water partition coefficient (Wildman–Crippen LogP) is 1.70. The summed E-state index contributed by atoms with van der Waals surface area (Å²) in [5.41, 5.74) is 6.84. The van der Waals surface area contributed by atoms with Crippen molar-refractivity contribution in [2.75, 3.05) is 6.61 Å². The van der Waals surface area contributed by atoms with Gasteiger partial charge in [-0.05, 0) is 31.9 Å². The van der Waals surface area contributed by atoms with Crippen LogP contribution in [0, 0.1) is 13.8 Å². The van der Waals surface area contributed by atoms with E-state index in [1.54, 1.807) is 0 Å². The summed E-state index contributed by atoms with van der Waals surface area (Å²) >= 11 is 0. The molecule has 0 bridgehead atoms. The Hall–Kier alpha value is -0.510. The molecule has 0 aromatic carbocycles. The van der Waals surface area contributed by atoms with E-state index in [0.717, 1.165) is 17.1 Å². The zero-order valence-corrected chi connectivity index (χ0v) is 8.73. The number of halogens is 1. The van der Waals surface area contributed by atoms with Gasteiger partial charge >= 0.3 is 0 Å². The fraction of sp³-hybridized carbons (Fsp3) is 0.556. The van der Waals surface area contributed by atoms with Crippen LogP contribution in [0.25, 0.3) is 0 Å². The van der Waals surface area contributed by atoms with Crippen molar-refractivity contribution in [3.8, 4) is 0 Å². The summed E-state index contributed by atoms with van der Waals surface area (Å²) < 4.78 is 5.39. The summed E-state index contributed by atoms with van der Waals surface area (Å²) in [6, 6.07) is 1.75. The van der Waals surface area contributed by atoms with Gasteiger partial charge in [-0.2, -0.15) is 0 Å². The van der Waals surface area contributed by atoms with Crippen LogP contribution in [-0.2, 0) is 0 Å². The molecule has 0 aliphatic carbocycles. The first-order valence-corrected chi connectivity index (χ1v) is 4.08. The molecule has 1 rings (SSSR count). The third-order valence-electron chi connectivity index (χ3n) is 1.99. The number of nitrogens with two attached hydrogens (primary N) is 1. The average Bonchev–Trinajstić information content (AvgIpc) is 2.33. The molecule has 1 aromatic heterocycles. The molecule has 13 heavy (non-hydrogen) atoms. The summed E-state index contributed by atoms with van der Waals surface area (Å²) in [6.07, 6.45) is 0.548. The van der Waals surface area contributed by atoms with Crippen molar-refractivity contribution in [2.24, 2.45) is 5.73 Å². The molecule has 0 aliphatic rings. The van der Waals surface area contributed by atoms with Crippen LogP contribution in [0.15, 0.2) is 10.5 Å². The number of hydrogen-bond donors (Lipinski definition) is 2. The Balaban J connectivity index is 0.00000144. The van der Waals surface area contributed by atoms with E-state index < -0.39 is 0 Å². The van der Waals surface area contributed by atoms with Crippen LogP contribution in [0.1, 0.15) is 29.5 Å². The quantitative estimate of drug-likeness (QED) is 0.790. The highest BCUT2D eigenvalue weighted by atomic mass is 35.5. The fourth-order valence-corrected chi connectivity index (χ4v) is 1.07. The molecule has 1 heterocycles. The second kappa shape index (κ2) is 5.27. The van der Waals surface area contributed by atoms with E-state index in [4.69, 9.17) is 15.3 Å². The average molecular weight is 206 g/mol. The third-order valence-corrected chi connectivity index (χ3v) is 1.99. The van der Waals surface area contributed by atoms with Gasteiger partial charge in [0, 0.05) is 6.61 Å². The second-order valence-electron chi connectivity index (χ2n) is 3.01. The molecule has 0 aliphatic heterocycles. The minimum atomic E-state index is -0.178. The van der Waals surface area contributed by atoms with Crippen LogP contribution in [0.2, 0.25) is 0 Å². The topological polar surface area (TPSA) is 59.4 Å². The van der Waals surface area contributed by atoms with Gasteiger partial charge in [-0.25, -0.2) is 0 Å². The van der Waals surface area contributed by atoms with Crippen LogP contribution in [0.3, 0.4) is 0 Å². The minimum absolute atomic E-state index is 0. The van der Waals surface area contributed by atoms with Gasteiger partial charge in [-0.1, -0.05) is 0 Å². The zero-order chi connectivity index (χ0) is 9.14. The summed E-state index contributed by atoms with van der Waals surface area (Å²) in [5.74, 6) is 1.66. The lowest BCUT2D eigenvalue weighted by Gasteiger charge is -2.04. The van der Waals surface area contributed by atoms with Crippen molar-refractivity contribution in [1.82, 2.24) is 0 Å². The number of hydrogen-bond acceptors (Lipinski definition) is 3. The molecule has 0 radical (unpaired) electrons. The molecule has 0 fully saturated rings. The molecule has 0 saturated carbocycles. The Morgan fingerprint density at radius 3 is 2.54 bits per heavy atom. The summed E-state index contributed by atoms with van der Waals surface area (Å²) in [5, 5.41) is 8.65. The van der Waals surface area contributed by atoms with Crippen LogP contribution in [-0.4, -0.2) is 11.7 Å². The van der Waals surface area contributed by atoms with E-state index in [1.165, 1.54) is 0 Å². The van der Waals surface area contributed by atoms with Crippen LogP contribution >= 0.6 is 12.4 Å². The predicted molar refractivity (Wildman–Crippen MR) is 54.1 cm³/mol. The SMILES string of the molecule is Cc1cc([C@H](N)CCO)oc1C.Cl. The molecular weight excluding hydrogens is 190 g/mol. The lowest BCUT2D eigenvalue weighted by molar-refractivity contribution is 0.268. The van der Waals surface area contributed by atoms with Gasteiger partial charge in [0.1, 0.15) is 11.5 Å². The minimum Gasteiger partial charge on any atom is -0.464 e. The smallest absolute Gasteiger partial charge is 0.121 e. The van der Waals surface area contributed by atoms with Gasteiger partial charge in [-0.3, -0.25) is 0 Å². The van der Waals surface area contributed by atoms with Crippen molar-refractivity contribution in [3.63, 3.8) is 0 Å². The maximum atomic E-state index is 8.65. The number of aryl methyl sites for hydroxylation is 2. The van der Waals surface area contributed by atoms with E-state index in [-0.39, 0.29) is 25.1 Å². The Bertz CT molecular complexity index is 241. The van der Waals surface area contributed by atoms with Gasteiger partial charge in [0.15, 0.2) is 0 Å². The molecule has 0 amide bonds. The second-order valence-corrected chi connectivity index (χ2v) is 3.01. The number of aliphatic hydroxyl groups is 1. The van der Waals surface area contributed by atoms with E-state index >= 15 is 0 Å². The normalized spacial score (nSPS) is 12.3. The molecule has 4 heteroatoms. The fourth-order valence-electron chi connectivity index (χ4n) is 1.07. The van der Waals surface area contributed by atoms with Crippen LogP contribution in [0.4, 0.5) is 0 Å². The van der Waals surface area contributed by atoms with E-state index in [0.29, 0.717) is 6.42 Å². The maximum absolute atomic E-state index is 8.65. The van der Waals surface area contributed by atoms with Crippen LogP contribution < -0.4 is 5.73 Å². The van der Waals surface area contributed by atoms with Crippen molar-refractivity contribution < 1.29 is 9.52 Å². The van der Waals surface area contributed by atoms with Crippen molar-refractivity contribution >= 4 is 12.4 Å². The van der Waals surface area contributed by atoms with Gasteiger partial charge in [0.2, 0.25) is 0 Å². The lowest BCUT2D eigenvalue weighted by atomic mass is 10.1. The van der Waals surface area contributed by atoms with Gasteiger partial charge in [0.25, 0.3) is 0 Å². The highest BCUT2D eigenvalue weighted by Gasteiger charge is 2.10. The third kappa shape index (κ3) is 3.03. The molecule has 0 saturated heterocycles. The molecule has 76 valence electrons. The van der Waals surface area contributed by atoms with Gasteiger partial charge in [0.05, 0.1) is 6.04 Å². The first-order valence-electron chi connectivity index (χ1n) is 4.08. The summed E-state index contributed by atoms with van der Waals surface area (Å²) in [4.78, 5) is 0. The maximum Gasteiger partial charge on any atom is 0.121 e. The van der Waals surface area contributed by atoms with E-state index in [1.807, 2.05) is 19.9 Å². The Morgan fingerprint density at radius 2 is 2.15 bits per heavy atom. The van der Waals surface area contributed by atoms with Crippen molar-refractivity contribution in [2.45, 2.75) is 26.3 Å². The van der Waals surface area contributed by atoms with Gasteiger partial charge in [-0.15, -0.1) is 12.4 Å². The van der Waals surface area contributed by atoms with Crippen molar-refractivity contribution in [3.05, 3.63) is 23.2 Å². The molecule has 1 atom stereocenters. The Labute approximate surface area is 84.3 Å². The molecule has 0 unspecified atom stereocenters. The van der Waals surface area contributed by atoms with E-state index in [2.05, 4.69) is 0 Å². The molecule has 1 aromatic rings. The lowest BCUT2D eigenvalue weighted by Crippen LogP contribution is -2.10. The standard InChI is InChI=1S/C9H15NO2.ClH/c1-6-5-9(12-7(6)2)8(10)3-4-11;/h5,8,11H,3-4,10H2,1-2H3;1H/t8-;/m1./s1. The monoisotopic (exact) mass is 205 g/mol. The zero-order valence-electron chi connectivity index (χ0n) is 7.91.